The fourth-order valence-electron chi connectivity index (χ4n) is 4.28. The lowest BCUT2D eigenvalue weighted by molar-refractivity contribution is -0.136. The molecule has 1 aliphatic rings. The lowest BCUT2D eigenvalue weighted by Crippen LogP contribution is -2.29. The van der Waals surface area contributed by atoms with Crippen LogP contribution < -0.4 is 14.4 Å². The molecule has 4 rings (SSSR count). The molecule has 1 unspecified atom stereocenters. The number of Topliss-reactive ketones (excluding diaryl/α,β-unsaturated/α-hetero) is 1. The number of aliphatic hydroxyl groups is 1. The van der Waals surface area contributed by atoms with Crippen LogP contribution in [0.1, 0.15) is 36.6 Å². The van der Waals surface area contributed by atoms with Crippen LogP contribution in [0.3, 0.4) is 0 Å². The Labute approximate surface area is 220 Å². The average Bonchev–Trinajstić information content (AvgIpc) is 3.17. The molecule has 3 aromatic carbocycles. The van der Waals surface area contributed by atoms with Gasteiger partial charge in [-0.05, 0) is 65.6 Å². The molecule has 196 valence electrons. The molecule has 0 saturated carbocycles. The Balaban J connectivity index is 1.79. The standard InChI is InChI=1S/C30H29NO7/c1-18(2)17-38-24-14-8-21(9-15-24)28(34)26-27(20-6-12-23(37-3)13-7-20)31(30(36)29(26)35)22-10-4-19(5-11-22)16-25(32)33/h4-15,18,27,34H,16-17H2,1-3H3,(H,32,33)/b28-26+. The normalized spacial score (nSPS) is 16.6. The first kappa shape index (κ1) is 26.5. The van der Waals surface area contributed by atoms with Crippen molar-refractivity contribution in [2.75, 3.05) is 18.6 Å². The summed E-state index contributed by atoms with van der Waals surface area (Å²) in [7, 11) is 1.54. The van der Waals surface area contributed by atoms with E-state index < -0.39 is 23.7 Å². The Bertz CT molecular complexity index is 1360. The van der Waals surface area contributed by atoms with E-state index in [2.05, 4.69) is 0 Å². The van der Waals surface area contributed by atoms with Crippen molar-refractivity contribution in [1.29, 1.82) is 0 Å². The number of aliphatic hydroxyl groups excluding tert-OH is 1. The molecule has 3 aromatic rings. The maximum Gasteiger partial charge on any atom is 0.307 e. The van der Waals surface area contributed by atoms with E-state index in [0.717, 1.165) is 0 Å². The molecule has 1 fully saturated rings. The number of carbonyl (C=O) groups is 3. The summed E-state index contributed by atoms with van der Waals surface area (Å²) in [6.45, 7) is 4.62. The van der Waals surface area contributed by atoms with Gasteiger partial charge >= 0.3 is 5.97 Å². The third-order valence-corrected chi connectivity index (χ3v) is 6.16. The molecule has 1 saturated heterocycles. The van der Waals surface area contributed by atoms with Gasteiger partial charge in [0.1, 0.15) is 17.3 Å². The number of hydrogen-bond donors (Lipinski definition) is 2. The molecule has 1 heterocycles. The van der Waals surface area contributed by atoms with E-state index in [0.29, 0.717) is 46.4 Å². The first-order valence-electron chi connectivity index (χ1n) is 12.2. The highest BCUT2D eigenvalue weighted by Gasteiger charge is 2.47. The fourth-order valence-corrected chi connectivity index (χ4v) is 4.28. The summed E-state index contributed by atoms with van der Waals surface area (Å²) in [6.07, 6.45) is -0.169. The molecule has 38 heavy (non-hydrogen) atoms. The second-order valence-corrected chi connectivity index (χ2v) is 9.41. The minimum atomic E-state index is -0.975. The highest BCUT2D eigenvalue weighted by Crippen LogP contribution is 2.42. The third-order valence-electron chi connectivity index (χ3n) is 6.16. The quantitative estimate of drug-likeness (QED) is 0.235. The first-order valence-corrected chi connectivity index (χ1v) is 12.2. The van der Waals surface area contributed by atoms with Gasteiger partial charge in [-0.3, -0.25) is 19.3 Å². The Kier molecular flexibility index (Phi) is 7.81. The van der Waals surface area contributed by atoms with Crippen LogP contribution in [0.15, 0.2) is 78.4 Å². The molecule has 0 bridgehead atoms. The summed E-state index contributed by atoms with van der Waals surface area (Å²) in [5.74, 6) is -1.32. The minimum absolute atomic E-state index is 0.0503. The van der Waals surface area contributed by atoms with Crippen molar-refractivity contribution in [3.63, 3.8) is 0 Å². The van der Waals surface area contributed by atoms with Crippen molar-refractivity contribution in [2.45, 2.75) is 26.3 Å². The van der Waals surface area contributed by atoms with Gasteiger partial charge in [0.05, 0.1) is 31.8 Å². The Morgan fingerprint density at radius 3 is 2.05 bits per heavy atom. The number of hydrogen-bond acceptors (Lipinski definition) is 6. The zero-order chi connectivity index (χ0) is 27.4. The van der Waals surface area contributed by atoms with Crippen LogP contribution in [-0.4, -0.2) is 41.6 Å². The van der Waals surface area contributed by atoms with Crippen molar-refractivity contribution in [2.24, 2.45) is 5.92 Å². The van der Waals surface area contributed by atoms with Crippen LogP contribution in [0.25, 0.3) is 5.76 Å². The molecular weight excluding hydrogens is 486 g/mol. The molecule has 0 aliphatic carbocycles. The maximum atomic E-state index is 13.3. The molecule has 2 N–H and O–H groups in total. The number of carboxylic acids is 1. The summed E-state index contributed by atoms with van der Waals surface area (Å²) in [5, 5.41) is 20.4. The van der Waals surface area contributed by atoms with Gasteiger partial charge in [0.15, 0.2) is 0 Å². The number of rotatable bonds is 9. The second-order valence-electron chi connectivity index (χ2n) is 9.41. The Hall–Kier alpha value is -4.59. The van der Waals surface area contributed by atoms with Crippen LogP contribution in [0.2, 0.25) is 0 Å². The summed E-state index contributed by atoms with van der Waals surface area (Å²) in [4.78, 5) is 39.0. The van der Waals surface area contributed by atoms with Crippen LogP contribution >= 0.6 is 0 Å². The minimum Gasteiger partial charge on any atom is -0.507 e. The van der Waals surface area contributed by atoms with Gasteiger partial charge in [0, 0.05) is 11.3 Å². The molecule has 0 aromatic heterocycles. The van der Waals surface area contributed by atoms with E-state index in [4.69, 9.17) is 14.6 Å². The number of nitrogens with zero attached hydrogens (tertiary/aromatic N) is 1. The number of ketones is 1. The lowest BCUT2D eigenvalue weighted by Gasteiger charge is -2.25. The zero-order valence-corrected chi connectivity index (χ0v) is 21.4. The van der Waals surface area contributed by atoms with Gasteiger partial charge in [-0.25, -0.2) is 0 Å². The number of carbonyl (C=O) groups excluding carboxylic acids is 2. The van der Waals surface area contributed by atoms with Gasteiger partial charge in [-0.15, -0.1) is 0 Å². The monoisotopic (exact) mass is 515 g/mol. The molecule has 8 heteroatoms. The second kappa shape index (κ2) is 11.2. The van der Waals surface area contributed by atoms with Crippen LogP contribution in [-0.2, 0) is 20.8 Å². The van der Waals surface area contributed by atoms with Crippen LogP contribution in [0, 0.1) is 5.92 Å². The first-order chi connectivity index (χ1) is 18.2. The van der Waals surface area contributed by atoms with Gasteiger partial charge in [0.25, 0.3) is 11.7 Å². The summed E-state index contributed by atoms with van der Waals surface area (Å²) in [5.41, 5.74) is 1.87. The highest BCUT2D eigenvalue weighted by atomic mass is 16.5. The molecule has 1 amide bonds. The van der Waals surface area contributed by atoms with Crippen molar-refractivity contribution < 1.29 is 34.1 Å². The number of ether oxygens (including phenoxy) is 2. The van der Waals surface area contributed by atoms with Gasteiger partial charge in [0.2, 0.25) is 0 Å². The third kappa shape index (κ3) is 5.54. The fraction of sp³-hybridized carbons (Fsp3) is 0.233. The van der Waals surface area contributed by atoms with E-state index in [9.17, 15) is 19.5 Å². The average molecular weight is 516 g/mol. The van der Waals surface area contributed by atoms with E-state index in [1.165, 1.54) is 12.0 Å². The van der Waals surface area contributed by atoms with Gasteiger partial charge in [-0.1, -0.05) is 38.1 Å². The van der Waals surface area contributed by atoms with Crippen molar-refractivity contribution in [1.82, 2.24) is 0 Å². The highest BCUT2D eigenvalue weighted by molar-refractivity contribution is 6.51. The number of methoxy groups -OCH3 is 1. The number of aliphatic carboxylic acids is 1. The Morgan fingerprint density at radius 1 is 0.895 bits per heavy atom. The zero-order valence-electron chi connectivity index (χ0n) is 21.4. The molecular formula is C30H29NO7. The summed E-state index contributed by atoms with van der Waals surface area (Å²) in [6, 6.07) is 19.1. The topological polar surface area (TPSA) is 113 Å². The molecule has 8 nitrogen and oxygen atoms in total. The smallest absolute Gasteiger partial charge is 0.307 e. The SMILES string of the molecule is COc1ccc(C2/C(=C(\O)c3ccc(OCC(C)C)cc3)C(=O)C(=O)N2c2ccc(CC(=O)O)cc2)cc1. The number of carboxylic acid groups (broad SMARTS) is 1. The maximum absolute atomic E-state index is 13.3. The van der Waals surface area contributed by atoms with Crippen molar-refractivity contribution in [3.05, 3.63) is 95.1 Å². The molecule has 1 atom stereocenters. The van der Waals surface area contributed by atoms with E-state index in [1.807, 2.05) is 13.8 Å². The number of anilines is 1. The van der Waals surface area contributed by atoms with Crippen molar-refractivity contribution >= 4 is 29.1 Å². The largest absolute Gasteiger partial charge is 0.507 e. The van der Waals surface area contributed by atoms with Crippen LogP contribution in [0.4, 0.5) is 5.69 Å². The summed E-state index contributed by atoms with van der Waals surface area (Å²) < 4.78 is 11.0. The van der Waals surface area contributed by atoms with Crippen molar-refractivity contribution in [3.8, 4) is 11.5 Å². The van der Waals surface area contributed by atoms with Gasteiger partial charge < -0.3 is 19.7 Å². The predicted octanol–water partition coefficient (Wildman–Crippen LogP) is 4.98. The van der Waals surface area contributed by atoms with E-state index in [-0.39, 0.29) is 17.8 Å². The molecule has 0 radical (unpaired) electrons. The van der Waals surface area contributed by atoms with Gasteiger partial charge in [-0.2, -0.15) is 0 Å². The lowest BCUT2D eigenvalue weighted by atomic mass is 9.95. The van der Waals surface area contributed by atoms with E-state index in [1.54, 1.807) is 72.8 Å². The van der Waals surface area contributed by atoms with Crippen LogP contribution in [0.5, 0.6) is 11.5 Å². The molecule has 1 aliphatic heterocycles. The predicted molar refractivity (Wildman–Crippen MR) is 142 cm³/mol. The summed E-state index contributed by atoms with van der Waals surface area (Å²) >= 11 is 0. The Morgan fingerprint density at radius 2 is 1.50 bits per heavy atom. The number of benzene rings is 3. The van der Waals surface area contributed by atoms with E-state index >= 15 is 0 Å². The number of amides is 1. The molecule has 0 spiro atoms.